The highest BCUT2D eigenvalue weighted by atomic mass is 16.9. The number of fused-ring (bicyclic) bond motifs is 1. The molecular weight excluding hydrogens is 358 g/mol. The second kappa shape index (κ2) is 7.03. The Hall–Kier alpha value is -3.29. The van der Waals surface area contributed by atoms with Gasteiger partial charge in [0, 0.05) is 11.1 Å². The van der Waals surface area contributed by atoms with Gasteiger partial charge in [-0.25, -0.2) is 0 Å². The van der Waals surface area contributed by atoms with Crippen molar-refractivity contribution in [1.29, 1.82) is 0 Å². The summed E-state index contributed by atoms with van der Waals surface area (Å²) >= 11 is 0. The molecule has 0 saturated carbocycles. The van der Waals surface area contributed by atoms with Crippen LogP contribution in [0, 0.1) is 13.8 Å². The summed E-state index contributed by atoms with van der Waals surface area (Å²) < 4.78 is 12.8. The van der Waals surface area contributed by atoms with Gasteiger partial charge in [-0.15, -0.1) is 5.23 Å². The minimum Gasteiger partial charge on any atom is -0.497 e. The average molecular weight is 379 g/mol. The molecule has 2 heterocycles. The molecular formula is C21H21N3O4. The van der Waals surface area contributed by atoms with Gasteiger partial charge in [0.25, 0.3) is 0 Å². The zero-order valence-corrected chi connectivity index (χ0v) is 16.1. The molecule has 0 unspecified atom stereocenters. The predicted octanol–water partition coefficient (Wildman–Crippen LogP) is 4.67. The Morgan fingerprint density at radius 3 is 2.36 bits per heavy atom. The maximum Gasteiger partial charge on any atom is 0.143 e. The van der Waals surface area contributed by atoms with Gasteiger partial charge < -0.3 is 13.8 Å². The smallest absolute Gasteiger partial charge is 0.143 e. The van der Waals surface area contributed by atoms with Gasteiger partial charge in [-0.3, -0.25) is 10.0 Å². The van der Waals surface area contributed by atoms with Crippen molar-refractivity contribution in [2.75, 3.05) is 19.4 Å². The first-order chi connectivity index (χ1) is 13.6. The van der Waals surface area contributed by atoms with Crippen LogP contribution in [0.2, 0.25) is 0 Å². The molecule has 4 aromatic rings. The Morgan fingerprint density at radius 1 is 1.04 bits per heavy atom. The van der Waals surface area contributed by atoms with Crippen molar-refractivity contribution in [1.82, 2.24) is 9.72 Å². The summed E-state index contributed by atoms with van der Waals surface area (Å²) in [6.07, 6.45) is 0. The second-order valence-corrected chi connectivity index (χ2v) is 6.40. The van der Waals surface area contributed by atoms with E-state index >= 15 is 0 Å². The summed E-state index contributed by atoms with van der Waals surface area (Å²) in [7, 11) is 3.05. The lowest BCUT2D eigenvalue weighted by Crippen LogP contribution is -2.16. The summed E-state index contributed by atoms with van der Waals surface area (Å²) in [5.74, 6) is 1.42. The molecule has 2 aromatic heterocycles. The second-order valence-electron chi connectivity index (χ2n) is 6.40. The van der Waals surface area contributed by atoms with Gasteiger partial charge in [-0.1, -0.05) is 23.4 Å². The molecule has 0 saturated heterocycles. The fourth-order valence-corrected chi connectivity index (χ4v) is 3.56. The molecule has 28 heavy (non-hydrogen) atoms. The zero-order valence-electron chi connectivity index (χ0n) is 16.1. The number of hydrogen-bond acceptors (Lipinski definition) is 6. The van der Waals surface area contributed by atoms with Crippen molar-refractivity contribution in [3.05, 3.63) is 60.0 Å². The van der Waals surface area contributed by atoms with E-state index in [1.807, 2.05) is 62.4 Å². The van der Waals surface area contributed by atoms with Gasteiger partial charge in [-0.2, -0.15) is 0 Å². The van der Waals surface area contributed by atoms with Crippen molar-refractivity contribution >= 4 is 16.6 Å². The molecule has 0 bridgehead atoms. The van der Waals surface area contributed by atoms with Gasteiger partial charge in [0.2, 0.25) is 0 Å². The first-order valence-electron chi connectivity index (χ1n) is 8.81. The lowest BCUT2D eigenvalue weighted by molar-refractivity contribution is -0.00997. The van der Waals surface area contributed by atoms with Crippen LogP contribution < -0.4 is 9.96 Å². The van der Waals surface area contributed by atoms with Gasteiger partial charge >= 0.3 is 0 Å². The summed E-state index contributed by atoms with van der Waals surface area (Å²) in [6, 6.07) is 15.5. The van der Waals surface area contributed by atoms with Gasteiger partial charge in [-0.05, 0) is 44.2 Å². The third kappa shape index (κ3) is 2.72. The Bertz CT molecular complexity index is 1110. The standard InChI is InChI=1S/C21H21N3O4/c1-13-19(14(2)28-22-13)21-20(24(25)27-4)17-7-5-6-8-18(17)23(21)15-9-11-16(26-3)12-10-15/h5-12,25H,1-4H3. The fourth-order valence-electron chi connectivity index (χ4n) is 3.56. The van der Waals surface area contributed by atoms with Crippen LogP contribution in [0.5, 0.6) is 5.75 Å². The monoisotopic (exact) mass is 379 g/mol. The van der Waals surface area contributed by atoms with E-state index in [9.17, 15) is 5.21 Å². The molecule has 0 aliphatic carbocycles. The molecule has 0 amide bonds. The zero-order chi connectivity index (χ0) is 19.8. The molecule has 0 radical (unpaired) electrons. The number of rotatable bonds is 5. The minimum absolute atomic E-state index is 0.517. The summed E-state index contributed by atoms with van der Waals surface area (Å²) in [4.78, 5) is 5.15. The highest BCUT2D eigenvalue weighted by molar-refractivity contribution is 6.03. The average Bonchev–Trinajstić information content (AvgIpc) is 3.23. The normalized spacial score (nSPS) is 11.2. The maximum atomic E-state index is 10.6. The summed E-state index contributed by atoms with van der Waals surface area (Å²) in [5.41, 5.74) is 4.59. The van der Waals surface area contributed by atoms with Crippen molar-refractivity contribution in [2.24, 2.45) is 0 Å². The van der Waals surface area contributed by atoms with Crippen LogP contribution in [-0.4, -0.2) is 29.2 Å². The van der Waals surface area contributed by atoms with Crippen molar-refractivity contribution in [3.63, 3.8) is 0 Å². The Kier molecular flexibility index (Phi) is 4.54. The Balaban J connectivity index is 2.14. The molecule has 1 N–H and O–H groups in total. The van der Waals surface area contributed by atoms with E-state index in [4.69, 9.17) is 14.1 Å². The van der Waals surface area contributed by atoms with E-state index < -0.39 is 0 Å². The largest absolute Gasteiger partial charge is 0.497 e. The molecule has 4 rings (SSSR count). The fraction of sp³-hybridized carbons (Fsp3) is 0.190. The molecule has 0 aliphatic rings. The topological polar surface area (TPSA) is 72.9 Å². The molecule has 2 aromatic carbocycles. The number of hydrogen-bond donors (Lipinski definition) is 1. The number of methoxy groups -OCH3 is 1. The van der Waals surface area contributed by atoms with Crippen LogP contribution in [0.3, 0.4) is 0 Å². The van der Waals surface area contributed by atoms with E-state index in [0.29, 0.717) is 11.4 Å². The van der Waals surface area contributed by atoms with E-state index in [2.05, 4.69) is 9.72 Å². The summed E-state index contributed by atoms with van der Waals surface area (Å²) in [5, 5.41) is 16.3. The number of para-hydroxylation sites is 1. The van der Waals surface area contributed by atoms with Crippen LogP contribution in [0.1, 0.15) is 11.5 Å². The number of benzene rings is 2. The van der Waals surface area contributed by atoms with Gasteiger partial charge in [0.1, 0.15) is 17.2 Å². The third-order valence-corrected chi connectivity index (χ3v) is 4.81. The number of nitrogens with zero attached hydrogens (tertiary/aromatic N) is 3. The summed E-state index contributed by atoms with van der Waals surface area (Å²) in [6.45, 7) is 3.73. The molecule has 0 aliphatic heterocycles. The first-order valence-corrected chi connectivity index (χ1v) is 8.81. The first kappa shape index (κ1) is 18.1. The van der Waals surface area contributed by atoms with Crippen LogP contribution in [-0.2, 0) is 4.84 Å². The lowest BCUT2D eigenvalue weighted by atomic mass is 10.1. The third-order valence-electron chi connectivity index (χ3n) is 4.81. The van der Waals surface area contributed by atoms with Crippen LogP contribution in [0.15, 0.2) is 53.1 Å². The number of ether oxygens (including phenoxy) is 1. The maximum absolute atomic E-state index is 10.6. The number of anilines is 1. The molecule has 7 heteroatoms. The van der Waals surface area contributed by atoms with Crippen molar-refractivity contribution < 1.29 is 19.3 Å². The van der Waals surface area contributed by atoms with Crippen LogP contribution in [0.25, 0.3) is 27.8 Å². The molecule has 0 spiro atoms. The van der Waals surface area contributed by atoms with Crippen molar-refractivity contribution in [3.8, 4) is 22.7 Å². The molecule has 7 nitrogen and oxygen atoms in total. The minimum atomic E-state index is 0.517. The van der Waals surface area contributed by atoms with E-state index in [-0.39, 0.29) is 0 Å². The number of aromatic nitrogens is 2. The van der Waals surface area contributed by atoms with E-state index in [1.165, 1.54) is 7.11 Å². The lowest BCUT2D eigenvalue weighted by Gasteiger charge is -2.17. The molecule has 0 atom stereocenters. The van der Waals surface area contributed by atoms with Gasteiger partial charge in [0.05, 0.1) is 36.7 Å². The van der Waals surface area contributed by atoms with Gasteiger partial charge in [0.15, 0.2) is 0 Å². The van der Waals surface area contributed by atoms with Crippen LogP contribution >= 0.6 is 0 Å². The quantitative estimate of drug-likeness (QED) is 0.508. The molecule has 0 fully saturated rings. The van der Waals surface area contributed by atoms with E-state index in [1.54, 1.807) is 7.11 Å². The Labute approximate surface area is 162 Å². The van der Waals surface area contributed by atoms with E-state index in [0.717, 1.165) is 44.5 Å². The SMILES string of the molecule is COc1ccc(-n2c(-c3c(C)noc3C)c(N(O)OC)c3ccccc32)cc1. The Morgan fingerprint density at radius 2 is 1.75 bits per heavy atom. The van der Waals surface area contributed by atoms with Crippen molar-refractivity contribution in [2.45, 2.75) is 13.8 Å². The molecule has 144 valence electrons. The number of aryl methyl sites for hydroxylation is 2. The van der Waals surface area contributed by atoms with Crippen LogP contribution in [0.4, 0.5) is 5.69 Å². The predicted molar refractivity (Wildman–Crippen MR) is 106 cm³/mol. The highest BCUT2D eigenvalue weighted by Crippen LogP contribution is 2.44. The highest BCUT2D eigenvalue weighted by Gasteiger charge is 2.28.